The van der Waals surface area contributed by atoms with E-state index in [1.165, 1.54) is 5.56 Å². The lowest BCUT2D eigenvalue weighted by molar-refractivity contribution is 0.270. The van der Waals surface area contributed by atoms with Crippen molar-refractivity contribution in [2.75, 3.05) is 42.9 Å². The fourth-order valence-corrected chi connectivity index (χ4v) is 3.29. The predicted octanol–water partition coefficient (Wildman–Crippen LogP) is 2.42. The van der Waals surface area contributed by atoms with E-state index in [-0.39, 0.29) is 0 Å². The van der Waals surface area contributed by atoms with Crippen LogP contribution in [0, 0.1) is 0 Å². The first-order chi connectivity index (χ1) is 13.3. The Morgan fingerprint density at radius 3 is 2.70 bits per heavy atom. The third-order valence-corrected chi connectivity index (χ3v) is 4.93. The second kappa shape index (κ2) is 8.18. The topological polar surface area (TPSA) is 62.1 Å². The largest absolute Gasteiger partial charge is 0.366 e. The van der Waals surface area contributed by atoms with Gasteiger partial charge in [0.2, 0.25) is 0 Å². The van der Waals surface area contributed by atoms with Crippen LogP contribution in [-0.2, 0) is 6.54 Å². The van der Waals surface area contributed by atoms with Crippen molar-refractivity contribution in [2.24, 2.45) is 0 Å². The Hall–Kier alpha value is -2.93. The summed E-state index contributed by atoms with van der Waals surface area (Å²) in [6, 6.07) is 10.2. The van der Waals surface area contributed by atoms with Gasteiger partial charge in [-0.2, -0.15) is 0 Å². The molecule has 7 nitrogen and oxygen atoms in total. The number of nitrogens with one attached hydrogen (secondary N) is 1. The molecule has 1 saturated heterocycles. The van der Waals surface area contributed by atoms with Crippen molar-refractivity contribution < 1.29 is 0 Å². The molecule has 0 unspecified atom stereocenters. The zero-order valence-electron chi connectivity index (χ0n) is 15.6. The van der Waals surface area contributed by atoms with Crippen LogP contribution in [0.25, 0.3) is 5.82 Å². The number of hydrogen-bond donors (Lipinski definition) is 1. The van der Waals surface area contributed by atoms with Crippen LogP contribution in [0.15, 0.2) is 55.2 Å². The number of hydrogen-bond acceptors (Lipinski definition) is 6. The van der Waals surface area contributed by atoms with E-state index in [1.54, 1.807) is 12.5 Å². The number of likely N-dealkylation sites (N-methyl/N-ethyl adjacent to an activating group) is 1. The Bertz CT molecular complexity index is 854. The van der Waals surface area contributed by atoms with Crippen LogP contribution in [0.3, 0.4) is 0 Å². The molecule has 0 spiro atoms. The molecule has 0 atom stereocenters. The first kappa shape index (κ1) is 17.5. The molecule has 0 bridgehead atoms. The van der Waals surface area contributed by atoms with Gasteiger partial charge in [0, 0.05) is 51.3 Å². The zero-order chi connectivity index (χ0) is 18.5. The Morgan fingerprint density at radius 1 is 1.04 bits per heavy atom. The molecule has 0 saturated carbocycles. The minimum absolute atomic E-state index is 0.713. The summed E-state index contributed by atoms with van der Waals surface area (Å²) in [6.07, 6.45) is 7.29. The van der Waals surface area contributed by atoms with Gasteiger partial charge in [0.1, 0.15) is 23.8 Å². The Morgan fingerprint density at radius 2 is 1.93 bits per heavy atom. The first-order valence-electron chi connectivity index (χ1n) is 9.43. The standard InChI is InChI=1S/C20H25N7/c1-2-25-10-12-26(13-11-25)20-14-17(6-7-22-20)15-23-18-4-3-5-19(24-18)27-9-8-21-16-27/h3-9,14,16H,2,10-13,15H2,1H3,(H,23,24). The lowest BCUT2D eigenvalue weighted by atomic mass is 10.2. The Labute approximate surface area is 159 Å². The maximum absolute atomic E-state index is 4.64. The Kier molecular flexibility index (Phi) is 5.29. The molecule has 0 amide bonds. The van der Waals surface area contributed by atoms with Crippen LogP contribution >= 0.6 is 0 Å². The van der Waals surface area contributed by atoms with E-state index in [2.05, 4.69) is 49.1 Å². The summed E-state index contributed by atoms with van der Waals surface area (Å²) >= 11 is 0. The van der Waals surface area contributed by atoms with Crippen molar-refractivity contribution in [3.63, 3.8) is 0 Å². The number of nitrogens with zero attached hydrogens (tertiary/aromatic N) is 6. The van der Waals surface area contributed by atoms with Crippen molar-refractivity contribution in [1.82, 2.24) is 24.4 Å². The van der Waals surface area contributed by atoms with Gasteiger partial charge in [-0.15, -0.1) is 0 Å². The van der Waals surface area contributed by atoms with Gasteiger partial charge in [-0.3, -0.25) is 4.57 Å². The number of anilines is 2. The molecule has 4 heterocycles. The maximum Gasteiger partial charge on any atom is 0.140 e. The average molecular weight is 363 g/mol. The van der Waals surface area contributed by atoms with Crippen LogP contribution < -0.4 is 10.2 Å². The van der Waals surface area contributed by atoms with Crippen LogP contribution in [0.2, 0.25) is 0 Å². The number of pyridine rings is 2. The molecule has 1 fully saturated rings. The van der Waals surface area contributed by atoms with Gasteiger partial charge in [-0.1, -0.05) is 13.0 Å². The molecule has 3 aromatic heterocycles. The predicted molar refractivity (Wildman–Crippen MR) is 107 cm³/mol. The third-order valence-electron chi connectivity index (χ3n) is 4.93. The highest BCUT2D eigenvalue weighted by molar-refractivity contribution is 5.44. The maximum atomic E-state index is 4.64. The third kappa shape index (κ3) is 4.25. The molecule has 1 aliphatic rings. The molecular formula is C20H25N7. The lowest BCUT2D eigenvalue weighted by Crippen LogP contribution is -2.46. The van der Waals surface area contributed by atoms with Gasteiger partial charge in [0.15, 0.2) is 0 Å². The summed E-state index contributed by atoms with van der Waals surface area (Å²) in [4.78, 5) is 18.1. The van der Waals surface area contributed by atoms with Gasteiger partial charge in [0.25, 0.3) is 0 Å². The Balaban J connectivity index is 1.40. The van der Waals surface area contributed by atoms with Gasteiger partial charge in [0.05, 0.1) is 0 Å². The molecule has 140 valence electrons. The molecule has 1 aliphatic heterocycles. The van der Waals surface area contributed by atoms with E-state index in [9.17, 15) is 0 Å². The molecule has 3 aromatic rings. The highest BCUT2D eigenvalue weighted by Crippen LogP contribution is 2.16. The average Bonchev–Trinajstić information content (AvgIpc) is 3.28. The fourth-order valence-electron chi connectivity index (χ4n) is 3.29. The summed E-state index contributed by atoms with van der Waals surface area (Å²) in [6.45, 7) is 8.33. The quantitative estimate of drug-likeness (QED) is 0.726. The summed E-state index contributed by atoms with van der Waals surface area (Å²) in [5.41, 5.74) is 1.20. The van der Waals surface area contributed by atoms with Crippen molar-refractivity contribution in [1.29, 1.82) is 0 Å². The van der Waals surface area contributed by atoms with E-state index in [1.807, 2.05) is 35.2 Å². The molecular weight excluding hydrogens is 338 g/mol. The second-order valence-electron chi connectivity index (χ2n) is 6.65. The number of aromatic nitrogens is 4. The summed E-state index contributed by atoms with van der Waals surface area (Å²) in [7, 11) is 0. The van der Waals surface area contributed by atoms with E-state index < -0.39 is 0 Å². The van der Waals surface area contributed by atoms with Crippen LogP contribution in [-0.4, -0.2) is 57.1 Å². The highest BCUT2D eigenvalue weighted by atomic mass is 15.3. The van der Waals surface area contributed by atoms with Crippen LogP contribution in [0.5, 0.6) is 0 Å². The summed E-state index contributed by atoms with van der Waals surface area (Å²) < 4.78 is 1.89. The van der Waals surface area contributed by atoms with E-state index >= 15 is 0 Å². The fraction of sp³-hybridized carbons (Fsp3) is 0.350. The highest BCUT2D eigenvalue weighted by Gasteiger charge is 2.16. The van der Waals surface area contributed by atoms with Crippen molar-refractivity contribution >= 4 is 11.6 Å². The number of imidazole rings is 1. The summed E-state index contributed by atoms with van der Waals surface area (Å²) in [5, 5.41) is 3.41. The van der Waals surface area contributed by atoms with E-state index in [0.717, 1.165) is 50.2 Å². The molecule has 0 radical (unpaired) electrons. The van der Waals surface area contributed by atoms with Gasteiger partial charge in [-0.25, -0.2) is 15.0 Å². The molecule has 4 rings (SSSR count). The van der Waals surface area contributed by atoms with Crippen LogP contribution in [0.1, 0.15) is 12.5 Å². The minimum atomic E-state index is 0.713. The normalized spacial score (nSPS) is 15.1. The molecule has 0 aliphatic carbocycles. The van der Waals surface area contributed by atoms with Crippen molar-refractivity contribution in [2.45, 2.75) is 13.5 Å². The molecule has 27 heavy (non-hydrogen) atoms. The smallest absolute Gasteiger partial charge is 0.140 e. The summed E-state index contributed by atoms with van der Waals surface area (Å²) in [5.74, 6) is 2.75. The van der Waals surface area contributed by atoms with Crippen molar-refractivity contribution in [3.8, 4) is 5.82 Å². The van der Waals surface area contributed by atoms with E-state index in [4.69, 9.17) is 0 Å². The van der Waals surface area contributed by atoms with Gasteiger partial charge in [-0.05, 0) is 36.4 Å². The molecule has 0 aromatic carbocycles. The second-order valence-corrected chi connectivity index (χ2v) is 6.65. The number of rotatable bonds is 6. The monoisotopic (exact) mass is 363 g/mol. The van der Waals surface area contributed by atoms with Crippen LogP contribution in [0.4, 0.5) is 11.6 Å². The molecule has 7 heteroatoms. The van der Waals surface area contributed by atoms with Gasteiger partial charge >= 0.3 is 0 Å². The van der Waals surface area contributed by atoms with Gasteiger partial charge < -0.3 is 15.1 Å². The van der Waals surface area contributed by atoms with E-state index in [0.29, 0.717) is 6.54 Å². The zero-order valence-corrected chi connectivity index (χ0v) is 15.6. The lowest BCUT2D eigenvalue weighted by Gasteiger charge is -2.34. The number of piperazine rings is 1. The SMILES string of the molecule is CCN1CCN(c2cc(CNc3cccc(-n4ccnc4)n3)ccn2)CC1. The minimum Gasteiger partial charge on any atom is -0.366 e. The first-order valence-corrected chi connectivity index (χ1v) is 9.43. The van der Waals surface area contributed by atoms with Crippen molar-refractivity contribution in [3.05, 3.63) is 60.8 Å². The molecule has 1 N–H and O–H groups in total.